The molecule has 2 fully saturated rings. The van der Waals surface area contributed by atoms with Crippen LogP contribution in [0, 0.1) is 0 Å². The monoisotopic (exact) mass is 358 g/mol. The van der Waals surface area contributed by atoms with E-state index in [9.17, 15) is 0 Å². The van der Waals surface area contributed by atoms with E-state index < -0.39 is 0 Å². The molecule has 0 saturated carbocycles. The summed E-state index contributed by atoms with van der Waals surface area (Å²) in [4.78, 5) is 9.94. The van der Waals surface area contributed by atoms with Crippen LogP contribution in [-0.4, -0.2) is 67.2 Å². The lowest BCUT2D eigenvalue weighted by molar-refractivity contribution is 0.129. The van der Waals surface area contributed by atoms with Crippen molar-refractivity contribution in [2.75, 3.05) is 39.3 Å². The molecule has 0 aliphatic carbocycles. The number of hydrogen-bond acceptors (Lipinski definition) is 3. The van der Waals surface area contributed by atoms with Gasteiger partial charge in [0.05, 0.1) is 6.54 Å². The van der Waals surface area contributed by atoms with Crippen molar-refractivity contribution in [2.45, 2.75) is 51.7 Å². The van der Waals surface area contributed by atoms with Gasteiger partial charge in [-0.25, -0.2) is 0 Å². The highest BCUT2D eigenvalue weighted by molar-refractivity contribution is 5.80. The minimum atomic E-state index is 0.307. The van der Waals surface area contributed by atoms with Crippen molar-refractivity contribution in [3.05, 3.63) is 30.3 Å². The topological polar surface area (TPSA) is 40.1 Å². The van der Waals surface area contributed by atoms with Gasteiger partial charge in [0, 0.05) is 38.5 Å². The standard InChI is InChI=1S/C21H34N4O/c1-3-22-21(23-17-18-9-8-14-24(18)4-2)25-15-12-20(13-16-25)26-19-10-6-5-7-11-19/h5-7,10-11,18,20H,3-4,8-9,12-17H2,1-2H3,(H,22,23). The fraction of sp³-hybridized carbons (Fsp3) is 0.667. The molecule has 3 rings (SSSR count). The molecule has 144 valence electrons. The van der Waals surface area contributed by atoms with Crippen molar-refractivity contribution in [3.63, 3.8) is 0 Å². The molecule has 2 saturated heterocycles. The van der Waals surface area contributed by atoms with Crippen molar-refractivity contribution >= 4 is 5.96 Å². The fourth-order valence-corrected chi connectivity index (χ4v) is 4.01. The molecule has 1 N–H and O–H groups in total. The van der Waals surface area contributed by atoms with E-state index in [0.717, 1.165) is 57.3 Å². The zero-order valence-electron chi connectivity index (χ0n) is 16.4. The highest BCUT2D eigenvalue weighted by Crippen LogP contribution is 2.20. The summed E-state index contributed by atoms with van der Waals surface area (Å²) in [6.45, 7) is 10.6. The first kappa shape index (κ1) is 19.0. The third-order valence-electron chi connectivity index (χ3n) is 5.48. The second-order valence-corrected chi connectivity index (χ2v) is 7.24. The average Bonchev–Trinajstić information content (AvgIpc) is 3.14. The lowest BCUT2D eigenvalue weighted by atomic mass is 10.1. The number of hydrogen-bond donors (Lipinski definition) is 1. The Morgan fingerprint density at radius 1 is 1.12 bits per heavy atom. The highest BCUT2D eigenvalue weighted by atomic mass is 16.5. The van der Waals surface area contributed by atoms with Crippen LogP contribution in [-0.2, 0) is 0 Å². The van der Waals surface area contributed by atoms with E-state index in [-0.39, 0.29) is 0 Å². The molecule has 1 aromatic rings. The molecule has 5 heteroatoms. The summed E-state index contributed by atoms with van der Waals surface area (Å²) in [5, 5.41) is 3.49. The Kier molecular flexibility index (Phi) is 7.18. The third kappa shape index (κ3) is 5.13. The van der Waals surface area contributed by atoms with Crippen LogP contribution >= 0.6 is 0 Å². The summed E-state index contributed by atoms with van der Waals surface area (Å²) >= 11 is 0. The number of benzene rings is 1. The van der Waals surface area contributed by atoms with Gasteiger partial charge in [0.1, 0.15) is 11.9 Å². The van der Waals surface area contributed by atoms with Crippen LogP contribution in [0.1, 0.15) is 39.5 Å². The first-order chi connectivity index (χ1) is 12.8. The highest BCUT2D eigenvalue weighted by Gasteiger charge is 2.25. The SMILES string of the molecule is CCNC(=NCC1CCCN1CC)N1CCC(Oc2ccccc2)CC1. The normalized spacial score (nSPS) is 22.6. The van der Waals surface area contributed by atoms with Crippen molar-refractivity contribution in [3.8, 4) is 5.75 Å². The predicted octanol–water partition coefficient (Wildman–Crippen LogP) is 2.98. The van der Waals surface area contributed by atoms with Crippen LogP contribution < -0.4 is 10.1 Å². The molecule has 0 aromatic heterocycles. The van der Waals surface area contributed by atoms with E-state index in [1.165, 1.54) is 19.4 Å². The van der Waals surface area contributed by atoms with Gasteiger partial charge in [0.15, 0.2) is 5.96 Å². The number of guanidine groups is 1. The molecule has 1 unspecified atom stereocenters. The van der Waals surface area contributed by atoms with Crippen LogP contribution in [0.3, 0.4) is 0 Å². The van der Waals surface area contributed by atoms with Gasteiger partial charge in [0.2, 0.25) is 0 Å². The maximum absolute atomic E-state index is 6.12. The molecule has 2 aliphatic heterocycles. The molecule has 0 radical (unpaired) electrons. The molecule has 1 atom stereocenters. The Balaban J connectivity index is 1.52. The molecular weight excluding hydrogens is 324 g/mol. The van der Waals surface area contributed by atoms with Gasteiger partial charge in [-0.05, 0) is 45.0 Å². The van der Waals surface area contributed by atoms with Crippen LogP contribution in [0.4, 0.5) is 0 Å². The van der Waals surface area contributed by atoms with E-state index in [2.05, 4.69) is 29.0 Å². The van der Waals surface area contributed by atoms with Gasteiger partial charge in [0.25, 0.3) is 0 Å². The van der Waals surface area contributed by atoms with Gasteiger partial charge in [-0.1, -0.05) is 25.1 Å². The summed E-state index contributed by atoms with van der Waals surface area (Å²) < 4.78 is 6.12. The second-order valence-electron chi connectivity index (χ2n) is 7.24. The molecule has 0 amide bonds. The lowest BCUT2D eigenvalue weighted by Crippen LogP contribution is -2.48. The van der Waals surface area contributed by atoms with Gasteiger partial charge in [-0.3, -0.25) is 9.89 Å². The van der Waals surface area contributed by atoms with E-state index in [1.54, 1.807) is 0 Å². The second kappa shape index (κ2) is 9.81. The Morgan fingerprint density at radius 2 is 1.88 bits per heavy atom. The van der Waals surface area contributed by atoms with Gasteiger partial charge >= 0.3 is 0 Å². The van der Waals surface area contributed by atoms with Crippen LogP contribution in [0.2, 0.25) is 0 Å². The number of para-hydroxylation sites is 1. The molecular formula is C21H34N4O. The summed E-state index contributed by atoms with van der Waals surface area (Å²) in [6.07, 6.45) is 4.99. The van der Waals surface area contributed by atoms with Gasteiger partial charge in [-0.2, -0.15) is 0 Å². The number of likely N-dealkylation sites (tertiary alicyclic amines) is 2. The van der Waals surface area contributed by atoms with Crippen molar-refractivity contribution in [1.82, 2.24) is 15.1 Å². The first-order valence-electron chi connectivity index (χ1n) is 10.3. The third-order valence-corrected chi connectivity index (χ3v) is 5.48. The maximum Gasteiger partial charge on any atom is 0.193 e. The van der Waals surface area contributed by atoms with Crippen LogP contribution in [0.25, 0.3) is 0 Å². The van der Waals surface area contributed by atoms with E-state index in [4.69, 9.17) is 9.73 Å². The summed E-state index contributed by atoms with van der Waals surface area (Å²) in [7, 11) is 0. The zero-order chi connectivity index (χ0) is 18.2. The van der Waals surface area contributed by atoms with Crippen molar-refractivity contribution in [1.29, 1.82) is 0 Å². The largest absolute Gasteiger partial charge is 0.490 e. The summed E-state index contributed by atoms with van der Waals surface area (Å²) in [5.41, 5.74) is 0. The molecule has 1 aromatic carbocycles. The number of nitrogens with zero attached hydrogens (tertiary/aromatic N) is 3. The number of nitrogens with one attached hydrogen (secondary N) is 1. The molecule has 0 spiro atoms. The van der Waals surface area contributed by atoms with E-state index in [0.29, 0.717) is 12.1 Å². The number of ether oxygens (including phenoxy) is 1. The van der Waals surface area contributed by atoms with Crippen molar-refractivity contribution in [2.24, 2.45) is 4.99 Å². The molecule has 0 bridgehead atoms. The van der Waals surface area contributed by atoms with E-state index in [1.807, 2.05) is 30.3 Å². The smallest absolute Gasteiger partial charge is 0.193 e. The molecule has 2 heterocycles. The molecule has 26 heavy (non-hydrogen) atoms. The maximum atomic E-state index is 6.12. The van der Waals surface area contributed by atoms with Gasteiger partial charge in [-0.15, -0.1) is 0 Å². The lowest BCUT2D eigenvalue weighted by Gasteiger charge is -2.34. The molecule has 2 aliphatic rings. The van der Waals surface area contributed by atoms with Crippen LogP contribution in [0.15, 0.2) is 35.3 Å². The Morgan fingerprint density at radius 3 is 2.58 bits per heavy atom. The Labute approximate surface area is 158 Å². The Hall–Kier alpha value is -1.75. The number of piperidine rings is 1. The van der Waals surface area contributed by atoms with Crippen LogP contribution in [0.5, 0.6) is 5.75 Å². The van der Waals surface area contributed by atoms with Gasteiger partial charge < -0.3 is 15.0 Å². The number of likely N-dealkylation sites (N-methyl/N-ethyl adjacent to an activating group) is 1. The fourth-order valence-electron chi connectivity index (χ4n) is 4.01. The average molecular weight is 359 g/mol. The Bertz CT molecular complexity index is 554. The minimum absolute atomic E-state index is 0.307. The van der Waals surface area contributed by atoms with E-state index >= 15 is 0 Å². The zero-order valence-corrected chi connectivity index (χ0v) is 16.4. The van der Waals surface area contributed by atoms with Crippen molar-refractivity contribution < 1.29 is 4.74 Å². The molecule has 5 nitrogen and oxygen atoms in total. The number of rotatable bonds is 6. The minimum Gasteiger partial charge on any atom is -0.490 e. The number of aliphatic imine (C=N–C) groups is 1. The predicted molar refractivity (Wildman–Crippen MR) is 108 cm³/mol. The summed E-state index contributed by atoms with van der Waals surface area (Å²) in [5.74, 6) is 2.06. The summed E-state index contributed by atoms with van der Waals surface area (Å²) in [6, 6.07) is 10.8. The first-order valence-corrected chi connectivity index (χ1v) is 10.3. The quantitative estimate of drug-likeness (QED) is 0.627.